The first-order chi connectivity index (χ1) is 8.54. The zero-order valence-electron chi connectivity index (χ0n) is 10.2. The van der Waals surface area contributed by atoms with Crippen LogP contribution in [-0.4, -0.2) is 20.1 Å². The van der Waals surface area contributed by atoms with E-state index >= 15 is 0 Å². The van der Waals surface area contributed by atoms with Crippen LogP contribution >= 0.6 is 11.3 Å². The van der Waals surface area contributed by atoms with Crippen LogP contribution in [0.4, 0.5) is 0 Å². The van der Waals surface area contributed by atoms with Gasteiger partial charge in [0.1, 0.15) is 10.3 Å². The van der Waals surface area contributed by atoms with E-state index in [9.17, 15) is 13.2 Å². The molecular weight excluding hydrogens is 272 g/mol. The third-order valence-corrected chi connectivity index (χ3v) is 6.29. The van der Waals surface area contributed by atoms with Crippen molar-refractivity contribution in [3.05, 3.63) is 17.0 Å². The third-order valence-electron chi connectivity index (χ3n) is 2.94. The van der Waals surface area contributed by atoms with Crippen molar-refractivity contribution in [2.24, 2.45) is 0 Å². The Morgan fingerprint density at radius 1 is 1.56 bits per heavy atom. The Labute approximate surface area is 111 Å². The maximum atomic E-state index is 11.8. The predicted octanol–water partition coefficient (Wildman–Crippen LogP) is 2.70. The first-order valence-electron chi connectivity index (χ1n) is 6.04. The topological polar surface area (TPSA) is 60.4 Å². The number of hydrogen-bond donors (Lipinski definition) is 0. The molecule has 0 aliphatic carbocycles. The Hall–Kier alpha value is -0.880. The van der Waals surface area contributed by atoms with Crippen molar-refractivity contribution in [1.29, 1.82) is 0 Å². The smallest absolute Gasteiger partial charge is 0.306 e. The van der Waals surface area contributed by atoms with Crippen molar-refractivity contribution in [2.45, 2.75) is 42.9 Å². The van der Waals surface area contributed by atoms with Crippen LogP contribution in [-0.2, 0) is 19.4 Å². The fraction of sp³-hybridized carbons (Fsp3) is 0.583. The summed E-state index contributed by atoms with van der Waals surface area (Å²) in [6, 6.07) is 1.74. The second-order valence-electron chi connectivity index (χ2n) is 4.35. The zero-order valence-corrected chi connectivity index (χ0v) is 11.9. The van der Waals surface area contributed by atoms with E-state index in [1.807, 2.05) is 6.92 Å². The van der Waals surface area contributed by atoms with Crippen molar-refractivity contribution >= 4 is 27.1 Å². The molecule has 0 saturated heterocycles. The van der Waals surface area contributed by atoms with Crippen LogP contribution in [0.2, 0.25) is 0 Å². The van der Waals surface area contributed by atoms with Crippen LogP contribution in [0.3, 0.4) is 0 Å². The normalized spacial score (nSPS) is 21.3. The van der Waals surface area contributed by atoms with E-state index in [2.05, 4.69) is 0 Å². The zero-order chi connectivity index (χ0) is 13.2. The summed E-state index contributed by atoms with van der Waals surface area (Å²) in [7, 11) is -3.16. The minimum Gasteiger partial charge on any atom is -0.457 e. The second-order valence-corrected chi connectivity index (χ2v) is 7.57. The number of fused-ring (bicyclic) bond motifs is 1. The number of carbonyl (C=O) groups excluding carboxylic acids is 1. The summed E-state index contributed by atoms with van der Waals surface area (Å²) in [5.74, 6) is -0.176. The van der Waals surface area contributed by atoms with Crippen LogP contribution in [0.1, 0.15) is 44.3 Å². The van der Waals surface area contributed by atoms with Crippen molar-refractivity contribution in [2.75, 3.05) is 5.75 Å². The molecule has 0 fully saturated rings. The van der Waals surface area contributed by atoms with Crippen molar-refractivity contribution in [3.63, 3.8) is 0 Å². The summed E-state index contributed by atoms with van der Waals surface area (Å²) in [4.78, 5) is 11.6. The Morgan fingerprint density at radius 3 is 3.06 bits per heavy atom. The molecule has 0 saturated carbocycles. The quantitative estimate of drug-likeness (QED) is 0.799. The minimum atomic E-state index is -3.16. The molecule has 1 aliphatic rings. The van der Waals surface area contributed by atoms with E-state index in [-0.39, 0.29) is 17.8 Å². The number of hydrogen-bond acceptors (Lipinski definition) is 5. The van der Waals surface area contributed by atoms with E-state index in [1.54, 1.807) is 11.4 Å². The fourth-order valence-corrected chi connectivity index (χ4v) is 4.91. The van der Waals surface area contributed by atoms with Gasteiger partial charge >= 0.3 is 5.97 Å². The molecule has 0 aromatic carbocycles. The highest BCUT2D eigenvalue weighted by Crippen LogP contribution is 2.38. The van der Waals surface area contributed by atoms with E-state index in [1.165, 1.54) is 11.3 Å². The molecule has 0 bridgehead atoms. The highest BCUT2D eigenvalue weighted by molar-refractivity contribution is 7.93. The second kappa shape index (κ2) is 5.40. The van der Waals surface area contributed by atoms with E-state index in [0.717, 1.165) is 12.8 Å². The summed E-state index contributed by atoms with van der Waals surface area (Å²) in [5.41, 5.74) is 0.649. The lowest BCUT2D eigenvalue weighted by Gasteiger charge is -2.22. The third kappa shape index (κ3) is 2.75. The van der Waals surface area contributed by atoms with Gasteiger partial charge in [0.2, 0.25) is 0 Å². The van der Waals surface area contributed by atoms with E-state index in [0.29, 0.717) is 22.6 Å². The Bertz CT molecular complexity index is 530. The van der Waals surface area contributed by atoms with Gasteiger partial charge in [-0.25, -0.2) is 8.42 Å². The van der Waals surface area contributed by atoms with E-state index in [4.69, 9.17) is 4.74 Å². The van der Waals surface area contributed by atoms with Gasteiger partial charge in [-0.05, 0) is 17.9 Å². The number of thiophene rings is 1. The number of carbonyl (C=O) groups is 1. The number of sulfone groups is 1. The van der Waals surface area contributed by atoms with Gasteiger partial charge < -0.3 is 4.74 Å². The van der Waals surface area contributed by atoms with Crippen LogP contribution < -0.4 is 0 Å². The van der Waals surface area contributed by atoms with Gasteiger partial charge in [0.05, 0.1) is 5.75 Å². The van der Waals surface area contributed by atoms with Crippen molar-refractivity contribution in [1.82, 2.24) is 0 Å². The van der Waals surface area contributed by atoms with Crippen LogP contribution in [0.15, 0.2) is 15.7 Å². The first-order valence-corrected chi connectivity index (χ1v) is 8.57. The fourth-order valence-electron chi connectivity index (χ4n) is 1.97. The maximum absolute atomic E-state index is 11.8. The SMILES string of the molecule is CCCCC(=O)OC1CCS(=O)(=O)c2sccc21. The molecule has 1 aromatic rings. The molecule has 1 aliphatic heterocycles. The van der Waals surface area contributed by atoms with Crippen LogP contribution in [0, 0.1) is 0 Å². The molecule has 2 heterocycles. The highest BCUT2D eigenvalue weighted by Gasteiger charge is 2.33. The van der Waals surface area contributed by atoms with Gasteiger partial charge in [-0.2, -0.15) is 0 Å². The molecule has 4 nitrogen and oxygen atoms in total. The number of unbranched alkanes of at least 4 members (excludes halogenated alkanes) is 1. The van der Waals surface area contributed by atoms with Crippen molar-refractivity contribution < 1.29 is 17.9 Å². The molecule has 6 heteroatoms. The van der Waals surface area contributed by atoms with Gasteiger partial charge in [0.15, 0.2) is 9.84 Å². The molecule has 0 radical (unpaired) electrons. The minimum absolute atomic E-state index is 0.0617. The Morgan fingerprint density at radius 2 is 2.33 bits per heavy atom. The molecule has 1 aromatic heterocycles. The largest absolute Gasteiger partial charge is 0.457 e. The maximum Gasteiger partial charge on any atom is 0.306 e. The van der Waals surface area contributed by atoms with Crippen molar-refractivity contribution in [3.8, 4) is 0 Å². The number of ether oxygens (including phenoxy) is 1. The molecule has 100 valence electrons. The lowest BCUT2D eigenvalue weighted by atomic mass is 10.1. The molecule has 18 heavy (non-hydrogen) atoms. The Balaban J connectivity index is 2.11. The predicted molar refractivity (Wildman–Crippen MR) is 69.3 cm³/mol. The number of rotatable bonds is 4. The highest BCUT2D eigenvalue weighted by atomic mass is 32.2. The summed E-state index contributed by atoms with van der Waals surface area (Å²) < 4.78 is 29.4. The van der Waals surface area contributed by atoms with Gasteiger partial charge in [0, 0.05) is 18.4 Å². The van der Waals surface area contributed by atoms with E-state index < -0.39 is 9.84 Å². The summed E-state index contributed by atoms with van der Waals surface area (Å²) in [6.07, 6.45) is 2.13. The average Bonchev–Trinajstić information content (AvgIpc) is 2.81. The summed E-state index contributed by atoms with van der Waals surface area (Å²) in [6.45, 7) is 2.01. The van der Waals surface area contributed by atoms with Gasteiger partial charge in [-0.15, -0.1) is 11.3 Å². The molecular formula is C12H16O4S2. The van der Waals surface area contributed by atoms with Gasteiger partial charge in [-0.1, -0.05) is 13.3 Å². The Kier molecular flexibility index (Phi) is 4.07. The van der Waals surface area contributed by atoms with Crippen LogP contribution in [0.25, 0.3) is 0 Å². The average molecular weight is 288 g/mol. The van der Waals surface area contributed by atoms with Gasteiger partial charge in [-0.3, -0.25) is 4.79 Å². The number of esters is 1. The monoisotopic (exact) mass is 288 g/mol. The molecule has 0 amide bonds. The molecule has 0 spiro atoms. The first kappa shape index (κ1) is 13.5. The summed E-state index contributed by atoms with van der Waals surface area (Å²) >= 11 is 1.20. The molecule has 0 N–H and O–H groups in total. The molecule has 1 atom stereocenters. The van der Waals surface area contributed by atoms with Crippen LogP contribution in [0.5, 0.6) is 0 Å². The molecule has 1 unspecified atom stereocenters. The molecule has 2 rings (SSSR count). The summed E-state index contributed by atoms with van der Waals surface area (Å²) in [5, 5.41) is 1.74. The lowest BCUT2D eigenvalue weighted by molar-refractivity contribution is -0.150. The standard InChI is InChI=1S/C12H16O4S2/c1-2-3-4-11(13)16-10-6-8-18(14,15)12-9(10)5-7-17-12/h5,7,10H,2-4,6,8H2,1H3. The van der Waals surface area contributed by atoms with Gasteiger partial charge in [0.25, 0.3) is 0 Å². The lowest BCUT2D eigenvalue weighted by Crippen LogP contribution is -2.22.